The molecule has 4 nitrogen and oxygen atoms in total. The zero-order valence-corrected chi connectivity index (χ0v) is 13.6. The van der Waals surface area contributed by atoms with E-state index in [2.05, 4.69) is 40.3 Å². The Morgan fingerprint density at radius 2 is 1.79 bits per heavy atom. The first-order chi connectivity index (χ1) is 11.8. The van der Waals surface area contributed by atoms with Crippen LogP contribution in [-0.4, -0.2) is 21.5 Å². The van der Waals surface area contributed by atoms with Crippen LogP contribution in [0.1, 0.15) is 5.69 Å². The molecule has 2 aromatic heterocycles. The van der Waals surface area contributed by atoms with Crippen LogP contribution in [0.5, 0.6) is 5.75 Å². The Morgan fingerprint density at radius 1 is 0.958 bits per heavy atom. The smallest absolute Gasteiger partial charge is 0.234 e. The summed E-state index contributed by atoms with van der Waals surface area (Å²) in [6.07, 6.45) is 3.87. The van der Waals surface area contributed by atoms with Gasteiger partial charge in [-0.25, -0.2) is 9.97 Å². The molecule has 0 radical (unpaired) electrons. The molecule has 4 rings (SSSR count). The van der Waals surface area contributed by atoms with Crippen LogP contribution >= 0.6 is 0 Å². The van der Waals surface area contributed by atoms with Crippen molar-refractivity contribution in [2.45, 2.75) is 6.92 Å². The van der Waals surface area contributed by atoms with E-state index < -0.39 is 0 Å². The minimum atomic E-state index is 0.715. The van der Waals surface area contributed by atoms with Gasteiger partial charge in [-0.1, -0.05) is 36.4 Å². The zero-order chi connectivity index (χ0) is 16.5. The van der Waals surface area contributed by atoms with Crippen LogP contribution in [0.25, 0.3) is 28.2 Å². The molecule has 0 fully saturated rings. The van der Waals surface area contributed by atoms with E-state index >= 15 is 0 Å². The number of aromatic nitrogens is 3. The van der Waals surface area contributed by atoms with Crippen LogP contribution in [-0.2, 0) is 0 Å². The molecule has 118 valence electrons. The molecule has 0 atom stereocenters. The number of rotatable bonds is 3. The van der Waals surface area contributed by atoms with E-state index in [1.807, 2.05) is 48.0 Å². The van der Waals surface area contributed by atoms with Gasteiger partial charge in [0, 0.05) is 23.0 Å². The van der Waals surface area contributed by atoms with Gasteiger partial charge < -0.3 is 4.74 Å². The van der Waals surface area contributed by atoms with Gasteiger partial charge in [-0.3, -0.25) is 4.40 Å². The lowest BCUT2D eigenvalue weighted by Crippen LogP contribution is -1.93. The summed E-state index contributed by atoms with van der Waals surface area (Å²) < 4.78 is 7.49. The van der Waals surface area contributed by atoms with E-state index in [1.165, 1.54) is 0 Å². The van der Waals surface area contributed by atoms with E-state index in [-0.39, 0.29) is 0 Å². The highest BCUT2D eigenvalue weighted by molar-refractivity contribution is 5.76. The summed E-state index contributed by atoms with van der Waals surface area (Å²) in [4.78, 5) is 8.88. The Balaban J connectivity index is 1.85. The molecular weight excluding hydrogens is 298 g/mol. The van der Waals surface area contributed by atoms with Crippen molar-refractivity contribution >= 4 is 5.78 Å². The average Bonchev–Trinajstić information content (AvgIpc) is 3.04. The van der Waals surface area contributed by atoms with Crippen molar-refractivity contribution in [1.82, 2.24) is 14.4 Å². The quantitative estimate of drug-likeness (QED) is 0.563. The Hall–Kier alpha value is -3.14. The minimum Gasteiger partial charge on any atom is -0.496 e. The molecule has 4 heteroatoms. The maximum absolute atomic E-state index is 5.49. The molecule has 0 unspecified atom stereocenters. The average molecular weight is 315 g/mol. The standard InChI is InChI=1S/C20H17N3O/c1-14-10-11-23-18(13-21-20(23)22-14)16-7-5-6-15(12-16)17-8-3-4-9-19(17)24-2/h3-13H,1-2H3. The second-order valence-corrected chi connectivity index (χ2v) is 5.66. The molecule has 0 amide bonds. The Labute approximate surface area is 140 Å². The molecule has 0 spiro atoms. The first-order valence-electron chi connectivity index (χ1n) is 7.81. The van der Waals surface area contributed by atoms with Gasteiger partial charge in [0.25, 0.3) is 0 Å². The minimum absolute atomic E-state index is 0.715. The SMILES string of the molecule is COc1ccccc1-c1cccc(-c2cnc3nc(C)ccn23)c1. The largest absolute Gasteiger partial charge is 0.496 e. The van der Waals surface area contributed by atoms with Gasteiger partial charge in [0.2, 0.25) is 5.78 Å². The molecule has 0 bridgehead atoms. The highest BCUT2D eigenvalue weighted by atomic mass is 16.5. The predicted octanol–water partition coefficient (Wildman–Crippen LogP) is 4.38. The Kier molecular flexibility index (Phi) is 3.50. The second kappa shape index (κ2) is 5.81. The number of ether oxygens (including phenoxy) is 1. The predicted molar refractivity (Wildman–Crippen MR) is 95.1 cm³/mol. The van der Waals surface area contributed by atoms with Gasteiger partial charge in [0.05, 0.1) is 19.0 Å². The van der Waals surface area contributed by atoms with Crippen molar-refractivity contribution in [1.29, 1.82) is 0 Å². The first-order valence-corrected chi connectivity index (χ1v) is 7.81. The van der Waals surface area contributed by atoms with Gasteiger partial charge in [0.15, 0.2) is 0 Å². The van der Waals surface area contributed by atoms with Crippen LogP contribution in [0.2, 0.25) is 0 Å². The van der Waals surface area contributed by atoms with E-state index in [1.54, 1.807) is 7.11 Å². The van der Waals surface area contributed by atoms with E-state index in [9.17, 15) is 0 Å². The third kappa shape index (κ3) is 2.42. The van der Waals surface area contributed by atoms with Crippen molar-refractivity contribution in [3.05, 3.63) is 72.7 Å². The van der Waals surface area contributed by atoms with E-state index in [0.717, 1.165) is 33.8 Å². The third-order valence-corrected chi connectivity index (χ3v) is 4.09. The molecule has 24 heavy (non-hydrogen) atoms. The van der Waals surface area contributed by atoms with Crippen LogP contribution in [0.4, 0.5) is 0 Å². The van der Waals surface area contributed by atoms with Gasteiger partial charge in [-0.15, -0.1) is 0 Å². The summed E-state index contributed by atoms with van der Waals surface area (Å²) in [5.41, 5.74) is 5.26. The van der Waals surface area contributed by atoms with Crippen molar-refractivity contribution < 1.29 is 4.74 Å². The zero-order valence-electron chi connectivity index (χ0n) is 13.6. The van der Waals surface area contributed by atoms with Crippen molar-refractivity contribution in [2.24, 2.45) is 0 Å². The summed E-state index contributed by atoms with van der Waals surface area (Å²) in [6, 6.07) is 18.4. The van der Waals surface area contributed by atoms with Gasteiger partial charge in [0.1, 0.15) is 5.75 Å². The fraction of sp³-hybridized carbons (Fsp3) is 0.100. The summed E-state index contributed by atoms with van der Waals surface area (Å²) in [6.45, 7) is 1.97. The first kappa shape index (κ1) is 14.5. The summed E-state index contributed by atoms with van der Waals surface area (Å²) in [5.74, 6) is 1.58. The molecule has 2 aromatic carbocycles. The van der Waals surface area contributed by atoms with Gasteiger partial charge >= 0.3 is 0 Å². The Morgan fingerprint density at radius 3 is 2.67 bits per heavy atom. The van der Waals surface area contributed by atoms with Crippen molar-refractivity contribution in [3.8, 4) is 28.1 Å². The molecule has 0 aliphatic carbocycles. The molecular formula is C20H17N3O. The molecule has 0 aliphatic heterocycles. The number of methoxy groups -OCH3 is 1. The van der Waals surface area contributed by atoms with Crippen LogP contribution < -0.4 is 4.74 Å². The summed E-state index contributed by atoms with van der Waals surface area (Å²) in [5, 5.41) is 0. The number of hydrogen-bond donors (Lipinski definition) is 0. The Bertz CT molecular complexity index is 1020. The van der Waals surface area contributed by atoms with E-state index in [0.29, 0.717) is 5.78 Å². The van der Waals surface area contributed by atoms with Gasteiger partial charge in [-0.05, 0) is 30.7 Å². The monoisotopic (exact) mass is 315 g/mol. The normalized spacial score (nSPS) is 10.9. The molecule has 2 heterocycles. The number of nitrogens with zero attached hydrogens (tertiary/aromatic N) is 3. The number of para-hydroxylation sites is 1. The highest BCUT2D eigenvalue weighted by Crippen LogP contribution is 2.32. The lowest BCUT2D eigenvalue weighted by Gasteiger charge is -2.10. The fourth-order valence-electron chi connectivity index (χ4n) is 2.90. The third-order valence-electron chi connectivity index (χ3n) is 4.09. The fourth-order valence-corrected chi connectivity index (χ4v) is 2.90. The number of hydrogen-bond acceptors (Lipinski definition) is 3. The molecule has 0 saturated heterocycles. The van der Waals surface area contributed by atoms with Gasteiger partial charge in [-0.2, -0.15) is 0 Å². The maximum atomic E-state index is 5.49. The van der Waals surface area contributed by atoms with E-state index in [4.69, 9.17) is 4.74 Å². The highest BCUT2D eigenvalue weighted by Gasteiger charge is 2.10. The van der Waals surface area contributed by atoms with Crippen LogP contribution in [0.15, 0.2) is 67.0 Å². The topological polar surface area (TPSA) is 39.4 Å². The summed E-state index contributed by atoms with van der Waals surface area (Å²) in [7, 11) is 1.70. The molecule has 0 N–H and O–H groups in total. The van der Waals surface area contributed by atoms with Crippen LogP contribution in [0.3, 0.4) is 0 Å². The maximum Gasteiger partial charge on any atom is 0.234 e. The van der Waals surface area contributed by atoms with Crippen molar-refractivity contribution in [2.75, 3.05) is 7.11 Å². The summed E-state index contributed by atoms with van der Waals surface area (Å²) >= 11 is 0. The lowest BCUT2D eigenvalue weighted by atomic mass is 10.0. The van der Waals surface area contributed by atoms with Crippen molar-refractivity contribution in [3.63, 3.8) is 0 Å². The number of aryl methyl sites for hydroxylation is 1. The second-order valence-electron chi connectivity index (χ2n) is 5.66. The molecule has 0 saturated carbocycles. The number of benzene rings is 2. The lowest BCUT2D eigenvalue weighted by molar-refractivity contribution is 0.416. The molecule has 4 aromatic rings. The molecule has 0 aliphatic rings. The van der Waals surface area contributed by atoms with Crippen LogP contribution in [0, 0.1) is 6.92 Å². The number of imidazole rings is 1. The number of fused-ring (bicyclic) bond motifs is 1.